The predicted molar refractivity (Wildman–Crippen MR) is 136 cm³/mol. The van der Waals surface area contributed by atoms with Gasteiger partial charge < -0.3 is 25.2 Å². The quantitative estimate of drug-likeness (QED) is 0.562. The van der Waals surface area contributed by atoms with E-state index in [-0.39, 0.29) is 23.2 Å². The SMILES string of the molecule is CN1CCCn2c(-c3cc(Cl)ccc3F)nc(C(=O)N[C@H](C(=O)N[C@@H]3CCC[C@H]3O)C(C)(C)C)c2C1. The van der Waals surface area contributed by atoms with Gasteiger partial charge in [0.1, 0.15) is 17.7 Å². The summed E-state index contributed by atoms with van der Waals surface area (Å²) in [5.74, 6) is -0.967. The summed E-state index contributed by atoms with van der Waals surface area (Å²) in [7, 11) is 1.96. The number of nitrogens with one attached hydrogen (secondary N) is 2. The highest BCUT2D eigenvalue weighted by Gasteiger charge is 2.37. The molecule has 1 saturated carbocycles. The summed E-state index contributed by atoms with van der Waals surface area (Å²) in [6.07, 6.45) is 2.42. The van der Waals surface area contributed by atoms with Gasteiger partial charge in [0.25, 0.3) is 5.91 Å². The second-order valence-corrected chi connectivity index (χ2v) is 11.4. The molecular weight excluding hydrogens is 485 g/mol. The van der Waals surface area contributed by atoms with Crippen LogP contribution >= 0.6 is 11.6 Å². The van der Waals surface area contributed by atoms with Crippen molar-refractivity contribution in [2.45, 2.75) is 77.7 Å². The summed E-state index contributed by atoms with van der Waals surface area (Å²) < 4.78 is 16.7. The van der Waals surface area contributed by atoms with E-state index in [1.807, 2.05) is 32.4 Å². The summed E-state index contributed by atoms with van der Waals surface area (Å²) in [4.78, 5) is 33.6. The lowest BCUT2D eigenvalue weighted by atomic mass is 9.85. The van der Waals surface area contributed by atoms with Crippen LogP contribution in [0.3, 0.4) is 0 Å². The number of rotatable bonds is 5. The van der Waals surface area contributed by atoms with Crippen molar-refractivity contribution < 1.29 is 19.1 Å². The molecule has 2 aromatic rings. The lowest BCUT2D eigenvalue weighted by Crippen LogP contribution is -2.56. The standard InChI is InChI=1S/C26H35ClFN5O3/c1-26(2,3)22(25(36)29-18-7-5-8-20(18)34)31-24(35)21-19-14-32(4)11-6-12-33(19)23(30-21)16-13-15(27)9-10-17(16)28/h9-10,13,18,20,22,34H,5-8,11-12,14H2,1-4H3,(H,29,36)(H,31,35)/t18-,20-,22-/m1/s1. The zero-order valence-electron chi connectivity index (χ0n) is 21.3. The third-order valence-electron chi connectivity index (χ3n) is 7.01. The van der Waals surface area contributed by atoms with Crippen molar-refractivity contribution in [3.05, 3.63) is 40.4 Å². The maximum absolute atomic E-state index is 14.8. The first-order valence-electron chi connectivity index (χ1n) is 12.5. The summed E-state index contributed by atoms with van der Waals surface area (Å²) in [5, 5.41) is 16.3. The van der Waals surface area contributed by atoms with Gasteiger partial charge in [-0.3, -0.25) is 9.59 Å². The molecule has 10 heteroatoms. The van der Waals surface area contributed by atoms with Crippen LogP contribution in [0.25, 0.3) is 11.4 Å². The molecule has 0 saturated heterocycles. The van der Waals surface area contributed by atoms with Gasteiger partial charge >= 0.3 is 0 Å². The Morgan fingerprint density at radius 3 is 2.64 bits per heavy atom. The molecule has 196 valence electrons. The van der Waals surface area contributed by atoms with Gasteiger partial charge in [0.15, 0.2) is 5.69 Å². The van der Waals surface area contributed by atoms with Gasteiger partial charge in [0, 0.05) is 18.1 Å². The van der Waals surface area contributed by atoms with E-state index in [1.54, 1.807) is 0 Å². The van der Waals surface area contributed by atoms with E-state index in [9.17, 15) is 19.1 Å². The van der Waals surface area contributed by atoms with Gasteiger partial charge in [0.2, 0.25) is 5.91 Å². The number of aliphatic hydroxyl groups is 1. The minimum atomic E-state index is -0.856. The molecular formula is C26H35ClFN5O3. The zero-order valence-corrected chi connectivity index (χ0v) is 22.0. The number of hydrogen-bond donors (Lipinski definition) is 3. The third-order valence-corrected chi connectivity index (χ3v) is 7.24. The van der Waals surface area contributed by atoms with Crippen molar-refractivity contribution in [3.63, 3.8) is 0 Å². The Bertz CT molecular complexity index is 1150. The lowest BCUT2D eigenvalue weighted by Gasteiger charge is -2.31. The zero-order chi connectivity index (χ0) is 26.2. The average molecular weight is 520 g/mol. The summed E-state index contributed by atoms with van der Waals surface area (Å²) in [5.41, 5.74) is 0.466. The smallest absolute Gasteiger partial charge is 0.272 e. The number of fused-ring (bicyclic) bond motifs is 1. The van der Waals surface area contributed by atoms with E-state index in [4.69, 9.17) is 11.6 Å². The lowest BCUT2D eigenvalue weighted by molar-refractivity contribution is -0.126. The van der Waals surface area contributed by atoms with Crippen LogP contribution in [0, 0.1) is 11.2 Å². The highest BCUT2D eigenvalue weighted by atomic mass is 35.5. The molecule has 0 spiro atoms. The van der Waals surface area contributed by atoms with Crippen molar-refractivity contribution in [1.82, 2.24) is 25.1 Å². The minimum Gasteiger partial charge on any atom is -0.391 e. The number of benzene rings is 1. The number of carbonyl (C=O) groups is 2. The van der Waals surface area contributed by atoms with E-state index in [1.165, 1.54) is 18.2 Å². The molecule has 4 rings (SSSR count). The second-order valence-electron chi connectivity index (χ2n) is 11.0. The number of hydrogen-bond acceptors (Lipinski definition) is 5. The fourth-order valence-corrected chi connectivity index (χ4v) is 5.20. The van der Waals surface area contributed by atoms with E-state index in [0.717, 1.165) is 19.4 Å². The third kappa shape index (κ3) is 5.58. The number of imidazole rings is 1. The molecule has 3 atom stereocenters. The molecule has 1 aliphatic heterocycles. The predicted octanol–water partition coefficient (Wildman–Crippen LogP) is 3.35. The van der Waals surface area contributed by atoms with Crippen molar-refractivity contribution in [2.75, 3.05) is 13.6 Å². The highest BCUT2D eigenvalue weighted by Crippen LogP contribution is 2.30. The Hall–Kier alpha value is -2.49. The fraction of sp³-hybridized carbons (Fsp3) is 0.577. The summed E-state index contributed by atoms with van der Waals surface area (Å²) in [6, 6.07) is 3.10. The molecule has 1 aromatic carbocycles. The van der Waals surface area contributed by atoms with Crippen LogP contribution in [0.15, 0.2) is 18.2 Å². The Balaban J connectivity index is 1.69. The summed E-state index contributed by atoms with van der Waals surface area (Å²) >= 11 is 6.16. The van der Waals surface area contributed by atoms with Crippen LogP contribution in [0.4, 0.5) is 4.39 Å². The topological polar surface area (TPSA) is 99.5 Å². The van der Waals surface area contributed by atoms with Gasteiger partial charge in [-0.05, 0) is 62.9 Å². The van der Waals surface area contributed by atoms with Gasteiger partial charge in [-0.25, -0.2) is 9.37 Å². The van der Waals surface area contributed by atoms with Gasteiger partial charge in [0.05, 0.1) is 23.4 Å². The molecule has 0 bridgehead atoms. The average Bonchev–Trinajstić information content (AvgIpc) is 3.29. The van der Waals surface area contributed by atoms with E-state index in [0.29, 0.717) is 42.5 Å². The molecule has 0 radical (unpaired) electrons. The number of aliphatic hydroxyl groups excluding tert-OH is 1. The fourth-order valence-electron chi connectivity index (χ4n) is 5.03. The number of amides is 2. The van der Waals surface area contributed by atoms with Gasteiger partial charge in [-0.1, -0.05) is 32.4 Å². The molecule has 1 fully saturated rings. The van der Waals surface area contributed by atoms with Crippen molar-refractivity contribution in [3.8, 4) is 11.4 Å². The Morgan fingerprint density at radius 1 is 1.22 bits per heavy atom. The van der Waals surface area contributed by atoms with Crippen LogP contribution in [-0.2, 0) is 17.9 Å². The minimum absolute atomic E-state index is 0.168. The number of aromatic nitrogens is 2. The van der Waals surface area contributed by atoms with Crippen LogP contribution in [0.5, 0.6) is 0 Å². The number of halogens is 2. The van der Waals surface area contributed by atoms with E-state index < -0.39 is 29.3 Å². The molecule has 8 nitrogen and oxygen atoms in total. The molecule has 2 aliphatic rings. The normalized spacial score (nSPS) is 21.5. The molecule has 1 aliphatic carbocycles. The molecule has 2 heterocycles. The summed E-state index contributed by atoms with van der Waals surface area (Å²) in [6.45, 7) is 7.46. The molecule has 36 heavy (non-hydrogen) atoms. The maximum atomic E-state index is 14.8. The monoisotopic (exact) mass is 519 g/mol. The molecule has 2 amide bonds. The Morgan fingerprint density at radius 2 is 1.97 bits per heavy atom. The first kappa shape index (κ1) is 26.6. The Kier molecular flexibility index (Phi) is 7.73. The maximum Gasteiger partial charge on any atom is 0.272 e. The first-order valence-corrected chi connectivity index (χ1v) is 12.9. The highest BCUT2D eigenvalue weighted by molar-refractivity contribution is 6.30. The van der Waals surface area contributed by atoms with Crippen molar-refractivity contribution in [2.24, 2.45) is 5.41 Å². The largest absolute Gasteiger partial charge is 0.391 e. The van der Waals surface area contributed by atoms with Crippen LogP contribution < -0.4 is 10.6 Å². The molecule has 0 unspecified atom stereocenters. The first-order chi connectivity index (χ1) is 17.0. The van der Waals surface area contributed by atoms with Crippen LogP contribution in [0.1, 0.15) is 62.6 Å². The van der Waals surface area contributed by atoms with E-state index >= 15 is 0 Å². The molecule has 3 N–H and O–H groups in total. The van der Waals surface area contributed by atoms with Crippen molar-refractivity contribution >= 4 is 23.4 Å². The Labute approximate surface area is 216 Å². The number of carbonyl (C=O) groups excluding carboxylic acids is 2. The van der Waals surface area contributed by atoms with E-state index in [2.05, 4.69) is 20.5 Å². The van der Waals surface area contributed by atoms with Gasteiger partial charge in [-0.15, -0.1) is 0 Å². The number of nitrogens with zero attached hydrogens (tertiary/aromatic N) is 3. The van der Waals surface area contributed by atoms with Crippen LogP contribution in [0.2, 0.25) is 5.02 Å². The second kappa shape index (κ2) is 10.5. The molecule has 1 aromatic heterocycles. The van der Waals surface area contributed by atoms with Crippen LogP contribution in [-0.4, -0.2) is 63.2 Å². The van der Waals surface area contributed by atoms with Gasteiger partial charge in [-0.2, -0.15) is 0 Å². The van der Waals surface area contributed by atoms with Crippen molar-refractivity contribution in [1.29, 1.82) is 0 Å².